The third-order valence-electron chi connectivity index (χ3n) is 14.5. The molecular weight excluding hydrogens is 1080 g/mol. The summed E-state index contributed by atoms with van der Waals surface area (Å²) in [6.45, 7) is -6.57. The van der Waals surface area contributed by atoms with E-state index in [0.29, 0.717) is 0 Å². The van der Waals surface area contributed by atoms with Crippen molar-refractivity contribution in [3.05, 3.63) is 0 Å². The topological polar surface area (TPSA) is 585 Å². The number of hydrogen-bond acceptors (Lipinski definition) is 36. The van der Waals surface area contributed by atoms with Crippen molar-refractivity contribution < 1.29 is 179 Å². The van der Waals surface area contributed by atoms with E-state index in [0.717, 1.165) is 0 Å². The molecule has 7 heterocycles. The summed E-state index contributed by atoms with van der Waals surface area (Å²) >= 11 is 0. The van der Waals surface area contributed by atoms with Crippen LogP contribution in [0.15, 0.2) is 0 Å². The highest BCUT2D eigenvalue weighted by atomic mass is 16.8. The van der Waals surface area contributed by atoms with Crippen LogP contribution in [-0.2, 0) is 61.6 Å². The van der Waals surface area contributed by atoms with Gasteiger partial charge in [0.15, 0.2) is 44.0 Å². The van der Waals surface area contributed by atoms with Gasteiger partial charge in [-0.3, -0.25) is 0 Å². The SMILES string of the molecule is OC[C@H]1O[C@H](O[C@@H]2[C@@H](OC[C@H]3O[C@H](OC[C@H]4O[C@H](O)[C@@H](O)[C@@H](O[C@H]5O[C@H](CO)[C@@H](O)[C@H](O)[C@@H]5O[C@H]5O[C@H](CO)[C@@H](O)[C@H](O)[C@@H]5O[C@H]5O[C@H](CO)[C@@H](O)[C@H](O)[C@@H]5O)[C@@H]4O)[C@@H](O)[C@@H](O)[C@@H]3O)O[C@H](CO)[C@@H](O)[C@@H]2O)[C@@H](O)[C@@H](O)[C@@H]1O. The quantitative estimate of drug-likeness (QED) is 0.0571. The second-order valence-electron chi connectivity index (χ2n) is 19.6. The Bertz CT molecular complexity index is 1820. The molecule has 0 amide bonds. The van der Waals surface area contributed by atoms with Crippen LogP contribution >= 0.6 is 0 Å². The van der Waals surface area contributed by atoms with Gasteiger partial charge in [-0.25, -0.2) is 0 Å². The summed E-state index contributed by atoms with van der Waals surface area (Å²) in [5, 5.41) is 243. The highest BCUT2D eigenvalue weighted by Gasteiger charge is 2.57. The second kappa shape index (κ2) is 27.5. The standard InChI is InChI=1S/C42H72O36/c43-1-8-15(48)22(55)29(62)38(69-8)76-33-25(58)17(50)10(3-45)71-40(33)67-6-13-20(53)24(57)28(61)37(74-13)66-7-14-21(54)32(31(64)36(65)68-14)75-41-35(27(60)19(52)11(4-46)72-41)78-42-34(26(59)18(51)12(5-47)73-42)77-39-30(63)23(56)16(49)9(2-44)70-39/h8-65H,1-7H2/t8-,9-,10-,11-,12-,13-,14-,15-,16-,17-,18-,19-,20-,21-,22+,23+,24+,25+,26+,27+,28+,29+,30+,31+,32+,33+,34+,35+,36+,37+,38-,39-,40+,41-,42-/m1/s1. The molecule has 78 heavy (non-hydrogen) atoms. The molecule has 23 N–H and O–H groups in total. The Morgan fingerprint density at radius 3 is 0.885 bits per heavy atom. The van der Waals surface area contributed by atoms with Crippen LogP contribution in [0.4, 0.5) is 0 Å². The van der Waals surface area contributed by atoms with Gasteiger partial charge in [0.2, 0.25) is 0 Å². The first-order valence-electron chi connectivity index (χ1n) is 24.7. The zero-order chi connectivity index (χ0) is 57.3. The largest absolute Gasteiger partial charge is 0.394 e. The van der Waals surface area contributed by atoms with Crippen molar-refractivity contribution in [2.45, 2.75) is 215 Å². The molecule has 36 nitrogen and oxygen atoms in total. The molecule has 35 atom stereocenters. The molecule has 0 aromatic heterocycles. The Kier molecular flexibility index (Phi) is 22.6. The molecule has 0 aliphatic carbocycles. The molecule has 7 rings (SSSR count). The Hall–Kier alpha value is -1.44. The minimum absolute atomic E-state index is 0.874. The lowest BCUT2D eigenvalue weighted by atomic mass is 9.95. The average molecular weight is 1150 g/mol. The monoisotopic (exact) mass is 1150 g/mol. The summed E-state index contributed by atoms with van der Waals surface area (Å²) in [6.07, 6.45) is -68.9. The van der Waals surface area contributed by atoms with Crippen LogP contribution < -0.4 is 0 Å². The molecule has 7 aliphatic heterocycles. The number of ether oxygens (including phenoxy) is 13. The van der Waals surface area contributed by atoms with Gasteiger partial charge >= 0.3 is 0 Å². The van der Waals surface area contributed by atoms with Gasteiger partial charge in [-0.15, -0.1) is 0 Å². The van der Waals surface area contributed by atoms with Gasteiger partial charge < -0.3 is 179 Å². The number of aliphatic hydroxyl groups excluding tert-OH is 23. The first kappa shape index (κ1) is 64.1. The van der Waals surface area contributed by atoms with E-state index in [-0.39, 0.29) is 0 Å². The maximum Gasteiger partial charge on any atom is 0.187 e. The number of aliphatic hydroxyl groups is 23. The van der Waals surface area contributed by atoms with Gasteiger partial charge in [-0.1, -0.05) is 0 Å². The summed E-state index contributed by atoms with van der Waals surface area (Å²) < 4.78 is 72.7. The van der Waals surface area contributed by atoms with E-state index in [1.54, 1.807) is 0 Å². The number of hydrogen-bond donors (Lipinski definition) is 23. The van der Waals surface area contributed by atoms with Crippen LogP contribution in [0.2, 0.25) is 0 Å². The molecular formula is C42H72O36. The molecule has 0 unspecified atom stereocenters. The third-order valence-corrected chi connectivity index (χ3v) is 14.5. The Morgan fingerprint density at radius 2 is 0.487 bits per heavy atom. The molecule has 0 bridgehead atoms. The van der Waals surface area contributed by atoms with E-state index in [4.69, 9.17) is 61.6 Å². The fourth-order valence-electron chi connectivity index (χ4n) is 9.72. The predicted octanol–water partition coefficient (Wildman–Crippen LogP) is -16.3. The van der Waals surface area contributed by atoms with Crippen LogP contribution in [-0.4, -0.2) is 379 Å². The summed E-state index contributed by atoms with van der Waals surface area (Å²) in [7, 11) is 0. The molecule has 7 fully saturated rings. The Labute approximate surface area is 439 Å². The molecule has 0 spiro atoms. The highest BCUT2D eigenvalue weighted by Crippen LogP contribution is 2.37. The fourth-order valence-corrected chi connectivity index (χ4v) is 9.72. The average Bonchev–Trinajstić information content (AvgIpc) is 3.52. The van der Waals surface area contributed by atoms with Crippen molar-refractivity contribution in [1.82, 2.24) is 0 Å². The van der Waals surface area contributed by atoms with Gasteiger partial charge in [0.25, 0.3) is 0 Å². The lowest BCUT2D eigenvalue weighted by Crippen LogP contribution is -2.68. The van der Waals surface area contributed by atoms with Crippen molar-refractivity contribution in [1.29, 1.82) is 0 Å². The van der Waals surface area contributed by atoms with E-state index >= 15 is 0 Å². The third kappa shape index (κ3) is 13.2. The van der Waals surface area contributed by atoms with Crippen LogP contribution in [0, 0.1) is 0 Å². The lowest BCUT2D eigenvalue weighted by molar-refractivity contribution is -0.403. The van der Waals surface area contributed by atoms with Crippen LogP contribution in [0.5, 0.6) is 0 Å². The summed E-state index contributed by atoms with van der Waals surface area (Å²) in [5.41, 5.74) is 0. The molecule has 7 aliphatic rings. The van der Waals surface area contributed by atoms with Crippen LogP contribution in [0.25, 0.3) is 0 Å². The predicted molar refractivity (Wildman–Crippen MR) is 232 cm³/mol. The first-order valence-corrected chi connectivity index (χ1v) is 24.7. The zero-order valence-corrected chi connectivity index (χ0v) is 40.8. The molecule has 0 radical (unpaired) electrons. The molecule has 7 saturated heterocycles. The van der Waals surface area contributed by atoms with Gasteiger partial charge in [-0.05, 0) is 0 Å². The summed E-state index contributed by atoms with van der Waals surface area (Å²) in [5.74, 6) is 0. The summed E-state index contributed by atoms with van der Waals surface area (Å²) in [6, 6.07) is 0. The smallest absolute Gasteiger partial charge is 0.187 e. The Morgan fingerprint density at radius 1 is 0.218 bits per heavy atom. The van der Waals surface area contributed by atoms with Crippen molar-refractivity contribution in [3.63, 3.8) is 0 Å². The van der Waals surface area contributed by atoms with Crippen LogP contribution in [0.1, 0.15) is 0 Å². The molecule has 0 aromatic rings. The van der Waals surface area contributed by atoms with E-state index in [2.05, 4.69) is 0 Å². The van der Waals surface area contributed by atoms with Crippen molar-refractivity contribution >= 4 is 0 Å². The van der Waals surface area contributed by atoms with Crippen LogP contribution in [0.3, 0.4) is 0 Å². The maximum absolute atomic E-state index is 11.6. The fraction of sp³-hybridized carbons (Fsp3) is 1.00. The highest BCUT2D eigenvalue weighted by molar-refractivity contribution is 4.99. The molecule has 36 heteroatoms. The molecule has 0 saturated carbocycles. The van der Waals surface area contributed by atoms with E-state index in [9.17, 15) is 117 Å². The first-order chi connectivity index (χ1) is 36.9. The summed E-state index contributed by atoms with van der Waals surface area (Å²) in [4.78, 5) is 0. The van der Waals surface area contributed by atoms with Gasteiger partial charge in [-0.2, -0.15) is 0 Å². The second-order valence-corrected chi connectivity index (χ2v) is 19.6. The van der Waals surface area contributed by atoms with Gasteiger partial charge in [0.1, 0.15) is 171 Å². The van der Waals surface area contributed by atoms with Gasteiger partial charge in [0.05, 0.1) is 46.2 Å². The van der Waals surface area contributed by atoms with E-state index in [1.807, 2.05) is 0 Å². The van der Waals surface area contributed by atoms with E-state index < -0.39 is 261 Å². The van der Waals surface area contributed by atoms with Gasteiger partial charge in [0, 0.05) is 0 Å². The van der Waals surface area contributed by atoms with Crippen molar-refractivity contribution in [3.8, 4) is 0 Å². The van der Waals surface area contributed by atoms with Crippen molar-refractivity contribution in [2.75, 3.05) is 46.2 Å². The lowest BCUT2D eigenvalue weighted by Gasteiger charge is -2.49. The zero-order valence-electron chi connectivity index (χ0n) is 40.8. The number of rotatable bonds is 19. The molecule has 456 valence electrons. The normalized spacial score (nSPS) is 53.5. The molecule has 0 aromatic carbocycles. The van der Waals surface area contributed by atoms with E-state index in [1.165, 1.54) is 0 Å². The minimum Gasteiger partial charge on any atom is -0.394 e. The van der Waals surface area contributed by atoms with Crippen molar-refractivity contribution in [2.24, 2.45) is 0 Å². The Balaban J connectivity index is 1.04. The minimum atomic E-state index is -2.28. The maximum atomic E-state index is 11.6.